The lowest BCUT2D eigenvalue weighted by atomic mass is 10.1. The lowest BCUT2D eigenvalue weighted by Crippen LogP contribution is -2.07. The van der Waals surface area contributed by atoms with Crippen LogP contribution in [0.15, 0.2) is 46.3 Å². The Morgan fingerprint density at radius 3 is 2.70 bits per heavy atom. The molecule has 20 heavy (non-hydrogen) atoms. The van der Waals surface area contributed by atoms with Gasteiger partial charge in [-0.1, -0.05) is 30.3 Å². The number of nitrogens with zero attached hydrogens (tertiary/aromatic N) is 5. The van der Waals surface area contributed by atoms with E-state index >= 15 is 0 Å². The van der Waals surface area contributed by atoms with Crippen molar-refractivity contribution in [2.75, 3.05) is 0 Å². The molecule has 2 heterocycles. The third-order valence-electron chi connectivity index (χ3n) is 3.11. The molecule has 0 spiro atoms. The maximum Gasteiger partial charge on any atom is 0.275 e. The number of fused-ring (bicyclic) bond motifs is 1. The Kier molecular flexibility index (Phi) is 3.27. The molecule has 0 amide bonds. The maximum absolute atomic E-state index is 11.0. The first-order valence-electron chi connectivity index (χ1n) is 5.99. The van der Waals surface area contributed by atoms with E-state index in [1.807, 2.05) is 37.3 Å². The molecule has 0 aliphatic rings. The number of rotatable bonds is 3. The molecule has 0 radical (unpaired) electrons. The number of halogens is 1. The Hall–Kier alpha value is -2.15. The predicted molar refractivity (Wildman–Crippen MR) is 78.7 cm³/mol. The molecular formula is C13H10BrN5O. The molecule has 0 aliphatic carbocycles. The Balaban J connectivity index is 2.23. The van der Waals surface area contributed by atoms with E-state index in [4.69, 9.17) is 0 Å². The molecule has 100 valence electrons. The molecular weight excluding hydrogens is 322 g/mol. The fourth-order valence-corrected chi connectivity index (χ4v) is 2.41. The molecule has 0 unspecified atom stereocenters. The minimum atomic E-state index is -0.113. The summed E-state index contributed by atoms with van der Waals surface area (Å²) in [5, 5.41) is 2.99. The van der Waals surface area contributed by atoms with Crippen molar-refractivity contribution in [2.45, 2.75) is 13.0 Å². The summed E-state index contributed by atoms with van der Waals surface area (Å²) in [4.78, 5) is 23.6. The number of imidazole rings is 1. The standard InChI is InChI=1S/C13H10BrN5O/c1-8(9-5-3-2-4-6-9)19-12-11(17-13(19)18-20)15-7-10(14)16-12/h2-8H,1H3/t8-/m0/s1. The smallest absolute Gasteiger partial charge is 0.275 e. The van der Waals surface area contributed by atoms with E-state index in [1.165, 1.54) is 0 Å². The highest BCUT2D eigenvalue weighted by Gasteiger charge is 2.19. The average Bonchev–Trinajstić information content (AvgIpc) is 2.85. The monoisotopic (exact) mass is 331 g/mol. The molecule has 1 aromatic carbocycles. The molecule has 2 aromatic heterocycles. The molecule has 0 N–H and O–H groups in total. The van der Waals surface area contributed by atoms with E-state index in [1.54, 1.807) is 10.8 Å². The van der Waals surface area contributed by atoms with Crippen LogP contribution in [0.5, 0.6) is 0 Å². The van der Waals surface area contributed by atoms with Gasteiger partial charge >= 0.3 is 0 Å². The van der Waals surface area contributed by atoms with Gasteiger partial charge in [0, 0.05) is 5.18 Å². The Labute approximate surface area is 123 Å². The lowest BCUT2D eigenvalue weighted by molar-refractivity contribution is 0.655. The van der Waals surface area contributed by atoms with E-state index in [2.05, 4.69) is 36.1 Å². The van der Waals surface area contributed by atoms with Crippen LogP contribution in [0.25, 0.3) is 11.3 Å². The van der Waals surface area contributed by atoms with Gasteiger partial charge in [-0.3, -0.25) is 4.57 Å². The predicted octanol–water partition coefficient (Wildman–Crippen LogP) is 3.60. The number of nitroso groups, excluding NO2 is 1. The van der Waals surface area contributed by atoms with E-state index < -0.39 is 0 Å². The van der Waals surface area contributed by atoms with Gasteiger partial charge in [-0.15, -0.1) is 4.91 Å². The number of aromatic nitrogens is 4. The highest BCUT2D eigenvalue weighted by atomic mass is 79.9. The Morgan fingerprint density at radius 1 is 1.25 bits per heavy atom. The van der Waals surface area contributed by atoms with Crippen LogP contribution in [0, 0.1) is 4.91 Å². The second-order valence-electron chi connectivity index (χ2n) is 4.30. The van der Waals surface area contributed by atoms with Gasteiger partial charge in [0.25, 0.3) is 5.95 Å². The van der Waals surface area contributed by atoms with Crippen molar-refractivity contribution in [2.24, 2.45) is 5.18 Å². The highest BCUT2D eigenvalue weighted by molar-refractivity contribution is 9.10. The highest BCUT2D eigenvalue weighted by Crippen LogP contribution is 2.28. The quantitative estimate of drug-likeness (QED) is 0.687. The fourth-order valence-electron chi connectivity index (χ4n) is 2.14. The van der Waals surface area contributed by atoms with Crippen molar-refractivity contribution in [3.05, 3.63) is 51.6 Å². The van der Waals surface area contributed by atoms with E-state index in [-0.39, 0.29) is 12.0 Å². The van der Waals surface area contributed by atoms with Gasteiger partial charge in [0.15, 0.2) is 11.3 Å². The van der Waals surface area contributed by atoms with Gasteiger partial charge in [0.1, 0.15) is 4.60 Å². The summed E-state index contributed by atoms with van der Waals surface area (Å²) >= 11 is 3.28. The maximum atomic E-state index is 11.0. The third kappa shape index (κ3) is 2.09. The molecule has 7 heteroatoms. The number of hydrogen-bond donors (Lipinski definition) is 0. The molecule has 1 atom stereocenters. The average molecular weight is 332 g/mol. The minimum Gasteiger partial charge on any atom is -0.282 e. The third-order valence-corrected chi connectivity index (χ3v) is 3.49. The van der Waals surface area contributed by atoms with Crippen molar-refractivity contribution in [1.82, 2.24) is 19.5 Å². The minimum absolute atomic E-state index is 0.0782. The van der Waals surface area contributed by atoms with Gasteiger partial charge in [-0.2, -0.15) is 4.98 Å². The fraction of sp³-hybridized carbons (Fsp3) is 0.154. The summed E-state index contributed by atoms with van der Waals surface area (Å²) in [6, 6.07) is 9.68. The van der Waals surface area contributed by atoms with Crippen molar-refractivity contribution in [1.29, 1.82) is 0 Å². The molecule has 3 rings (SSSR count). The van der Waals surface area contributed by atoms with Gasteiger partial charge in [0.2, 0.25) is 0 Å². The van der Waals surface area contributed by atoms with Crippen LogP contribution in [0.4, 0.5) is 5.95 Å². The van der Waals surface area contributed by atoms with Crippen molar-refractivity contribution in [3.63, 3.8) is 0 Å². The zero-order valence-corrected chi connectivity index (χ0v) is 12.1. The van der Waals surface area contributed by atoms with Crippen LogP contribution in [0.3, 0.4) is 0 Å². The second kappa shape index (κ2) is 5.09. The van der Waals surface area contributed by atoms with Gasteiger partial charge < -0.3 is 0 Å². The molecule has 0 aliphatic heterocycles. The van der Waals surface area contributed by atoms with Crippen molar-refractivity contribution >= 4 is 33.2 Å². The number of benzene rings is 1. The van der Waals surface area contributed by atoms with Crippen LogP contribution >= 0.6 is 15.9 Å². The molecule has 6 nitrogen and oxygen atoms in total. The first kappa shape index (κ1) is 12.9. The normalized spacial score (nSPS) is 12.5. The summed E-state index contributed by atoms with van der Waals surface area (Å²) < 4.78 is 2.28. The van der Waals surface area contributed by atoms with Crippen LogP contribution in [-0.4, -0.2) is 19.5 Å². The zero-order valence-electron chi connectivity index (χ0n) is 10.6. The topological polar surface area (TPSA) is 73.0 Å². The molecule has 0 saturated carbocycles. The first-order chi connectivity index (χ1) is 9.70. The van der Waals surface area contributed by atoms with Crippen LogP contribution < -0.4 is 0 Å². The first-order valence-corrected chi connectivity index (χ1v) is 6.79. The molecule has 0 fully saturated rings. The summed E-state index contributed by atoms with van der Waals surface area (Å²) in [7, 11) is 0. The summed E-state index contributed by atoms with van der Waals surface area (Å²) in [5.41, 5.74) is 1.98. The zero-order chi connectivity index (χ0) is 14.1. The Bertz CT molecular complexity index is 771. The molecule has 0 bridgehead atoms. The van der Waals surface area contributed by atoms with Crippen molar-refractivity contribution < 1.29 is 0 Å². The van der Waals surface area contributed by atoms with Gasteiger partial charge in [-0.05, 0) is 28.4 Å². The van der Waals surface area contributed by atoms with Crippen LogP contribution in [0.2, 0.25) is 0 Å². The summed E-state index contributed by atoms with van der Waals surface area (Å²) in [6.07, 6.45) is 1.54. The summed E-state index contributed by atoms with van der Waals surface area (Å²) in [6.45, 7) is 1.97. The largest absolute Gasteiger partial charge is 0.282 e. The van der Waals surface area contributed by atoms with Gasteiger partial charge in [0.05, 0.1) is 12.2 Å². The van der Waals surface area contributed by atoms with Crippen molar-refractivity contribution in [3.8, 4) is 0 Å². The lowest BCUT2D eigenvalue weighted by Gasteiger charge is -2.14. The SMILES string of the molecule is C[C@@H](c1ccccc1)n1c(N=O)nc2ncc(Br)nc21. The van der Waals surface area contributed by atoms with Gasteiger partial charge in [-0.25, -0.2) is 9.97 Å². The molecule has 3 aromatic rings. The second-order valence-corrected chi connectivity index (χ2v) is 5.11. The van der Waals surface area contributed by atoms with Crippen LogP contribution in [0.1, 0.15) is 18.5 Å². The van der Waals surface area contributed by atoms with E-state index in [0.717, 1.165) is 5.56 Å². The van der Waals surface area contributed by atoms with E-state index in [9.17, 15) is 4.91 Å². The Morgan fingerprint density at radius 2 is 2.00 bits per heavy atom. The van der Waals surface area contributed by atoms with Crippen LogP contribution in [-0.2, 0) is 0 Å². The number of hydrogen-bond acceptors (Lipinski definition) is 5. The van der Waals surface area contributed by atoms with E-state index in [0.29, 0.717) is 15.9 Å². The summed E-state index contributed by atoms with van der Waals surface area (Å²) in [5.74, 6) is 0.0782. The molecule has 0 saturated heterocycles.